The summed E-state index contributed by atoms with van der Waals surface area (Å²) in [4.78, 5) is 32.4. The fourth-order valence-electron chi connectivity index (χ4n) is 3.87. The maximum absolute atomic E-state index is 13.4. The zero-order chi connectivity index (χ0) is 24.3. The summed E-state index contributed by atoms with van der Waals surface area (Å²) < 4.78 is 23.5. The van der Waals surface area contributed by atoms with Crippen LogP contribution in [0.25, 0.3) is 10.9 Å². The molecule has 182 valence electrons. The predicted octanol–water partition coefficient (Wildman–Crippen LogP) is 3.39. The highest BCUT2D eigenvalue weighted by Crippen LogP contribution is 2.19. The molecule has 2 aromatic carbocycles. The first kappa shape index (κ1) is 25.4. The van der Waals surface area contributed by atoms with E-state index in [2.05, 4.69) is 4.98 Å². The number of halogens is 1. The second-order valence-corrected chi connectivity index (χ2v) is 8.15. The van der Waals surface area contributed by atoms with Gasteiger partial charge in [-0.15, -0.1) is 0 Å². The summed E-state index contributed by atoms with van der Waals surface area (Å²) in [6, 6.07) is 14.1. The molecule has 0 unspecified atom stereocenters. The van der Waals surface area contributed by atoms with Crippen LogP contribution in [-0.4, -0.2) is 73.7 Å². The average Bonchev–Trinajstić information content (AvgIpc) is 3.25. The number of carbonyl (C=O) groups is 2. The molecule has 3 aromatic rings. The number of carbonyl (C=O) groups excluding carboxylic acids is 2. The molecule has 0 aliphatic heterocycles. The Morgan fingerprint density at radius 1 is 0.941 bits per heavy atom. The van der Waals surface area contributed by atoms with Crippen molar-refractivity contribution in [3.05, 3.63) is 71.7 Å². The number of methoxy groups -OCH3 is 2. The van der Waals surface area contributed by atoms with Gasteiger partial charge in [0.05, 0.1) is 6.54 Å². The van der Waals surface area contributed by atoms with E-state index < -0.39 is 0 Å². The van der Waals surface area contributed by atoms with Crippen LogP contribution in [0.5, 0.6) is 0 Å². The third-order valence-electron chi connectivity index (χ3n) is 5.69. The monoisotopic (exact) mass is 469 g/mol. The van der Waals surface area contributed by atoms with Crippen LogP contribution in [0.1, 0.15) is 17.5 Å². The number of para-hydroxylation sites is 1. The second kappa shape index (κ2) is 12.9. The van der Waals surface area contributed by atoms with Gasteiger partial charge in [0.15, 0.2) is 0 Å². The summed E-state index contributed by atoms with van der Waals surface area (Å²) in [6.07, 6.45) is 3.23. The molecule has 1 N–H and O–H groups in total. The van der Waals surface area contributed by atoms with E-state index in [-0.39, 0.29) is 30.8 Å². The number of benzene rings is 2. The lowest BCUT2D eigenvalue weighted by Crippen LogP contribution is -2.45. The molecule has 8 heteroatoms. The minimum absolute atomic E-state index is 0.0546. The van der Waals surface area contributed by atoms with Gasteiger partial charge in [-0.2, -0.15) is 0 Å². The molecular weight excluding hydrogens is 437 g/mol. The van der Waals surface area contributed by atoms with Gasteiger partial charge in [0, 0.05) is 57.6 Å². The molecule has 0 aliphatic rings. The van der Waals surface area contributed by atoms with Crippen LogP contribution >= 0.6 is 0 Å². The highest BCUT2D eigenvalue weighted by atomic mass is 19.1. The zero-order valence-corrected chi connectivity index (χ0v) is 19.8. The first-order chi connectivity index (χ1) is 16.5. The van der Waals surface area contributed by atoms with Crippen molar-refractivity contribution < 1.29 is 23.5 Å². The Hall–Kier alpha value is -3.23. The summed E-state index contributed by atoms with van der Waals surface area (Å²) in [5.74, 6) is -0.744. The minimum Gasteiger partial charge on any atom is -0.385 e. The number of hydrogen-bond donors (Lipinski definition) is 1. The van der Waals surface area contributed by atoms with Crippen LogP contribution in [0.2, 0.25) is 0 Å². The molecule has 3 rings (SSSR count). The van der Waals surface area contributed by atoms with Gasteiger partial charge in [0.25, 0.3) is 0 Å². The van der Waals surface area contributed by atoms with Crippen LogP contribution < -0.4 is 0 Å². The van der Waals surface area contributed by atoms with E-state index in [0.717, 1.165) is 22.0 Å². The van der Waals surface area contributed by atoms with E-state index in [4.69, 9.17) is 9.47 Å². The maximum Gasteiger partial charge on any atom is 0.249 e. The normalized spacial score (nSPS) is 11.0. The summed E-state index contributed by atoms with van der Waals surface area (Å²) in [7, 11) is 3.05. The van der Waals surface area contributed by atoms with Gasteiger partial charge in [-0.25, -0.2) is 4.39 Å². The molecule has 0 spiro atoms. The molecule has 0 atom stereocenters. The molecule has 0 saturated carbocycles. The van der Waals surface area contributed by atoms with Crippen LogP contribution in [0.15, 0.2) is 54.7 Å². The minimum atomic E-state index is -0.324. The molecule has 1 heterocycles. The number of fused-ring (bicyclic) bond motifs is 1. The summed E-state index contributed by atoms with van der Waals surface area (Å²) >= 11 is 0. The van der Waals surface area contributed by atoms with Crippen molar-refractivity contribution in [1.29, 1.82) is 0 Å². The standard InChI is InChI=1S/C26H32FN3O4/c1-33-15-5-13-29(26(32)19-34-2)18-25(31)30(17-20-8-10-22(27)11-9-20)14-12-21-16-28-24-7-4-3-6-23(21)24/h3-4,6-11,16,28H,5,12-15,17-19H2,1-2H3. The lowest BCUT2D eigenvalue weighted by molar-refractivity contribution is -0.143. The number of H-pyrrole nitrogens is 1. The van der Waals surface area contributed by atoms with Crippen molar-refractivity contribution in [2.75, 3.05) is 47.1 Å². The predicted molar refractivity (Wildman–Crippen MR) is 129 cm³/mol. The number of hydrogen-bond acceptors (Lipinski definition) is 4. The van der Waals surface area contributed by atoms with E-state index in [1.807, 2.05) is 30.5 Å². The Balaban J connectivity index is 1.75. The highest BCUT2D eigenvalue weighted by molar-refractivity contribution is 5.86. The zero-order valence-electron chi connectivity index (χ0n) is 19.8. The number of aromatic amines is 1. The van der Waals surface area contributed by atoms with Crippen molar-refractivity contribution in [3.63, 3.8) is 0 Å². The molecule has 0 radical (unpaired) electrons. The molecule has 0 bridgehead atoms. The van der Waals surface area contributed by atoms with E-state index in [0.29, 0.717) is 39.1 Å². The molecule has 0 fully saturated rings. The fourth-order valence-corrected chi connectivity index (χ4v) is 3.87. The Morgan fingerprint density at radius 3 is 2.44 bits per heavy atom. The molecule has 1 aromatic heterocycles. The number of nitrogens with zero attached hydrogens (tertiary/aromatic N) is 2. The Kier molecular flexibility index (Phi) is 9.61. The summed E-state index contributed by atoms with van der Waals surface area (Å²) in [5.41, 5.74) is 2.98. The van der Waals surface area contributed by atoms with Gasteiger partial charge >= 0.3 is 0 Å². The van der Waals surface area contributed by atoms with Crippen molar-refractivity contribution >= 4 is 22.7 Å². The molecular formula is C26H32FN3O4. The van der Waals surface area contributed by atoms with Gasteiger partial charge < -0.3 is 24.3 Å². The van der Waals surface area contributed by atoms with Crippen molar-refractivity contribution in [1.82, 2.24) is 14.8 Å². The largest absolute Gasteiger partial charge is 0.385 e. The number of amides is 2. The van der Waals surface area contributed by atoms with Crippen molar-refractivity contribution in [3.8, 4) is 0 Å². The number of aromatic nitrogens is 1. The lowest BCUT2D eigenvalue weighted by atomic mass is 10.1. The first-order valence-corrected chi connectivity index (χ1v) is 11.3. The van der Waals surface area contributed by atoms with Crippen LogP contribution in [0.3, 0.4) is 0 Å². The fraction of sp³-hybridized carbons (Fsp3) is 0.385. The smallest absolute Gasteiger partial charge is 0.249 e. The number of rotatable bonds is 13. The van der Waals surface area contributed by atoms with Gasteiger partial charge in [0.2, 0.25) is 11.8 Å². The first-order valence-electron chi connectivity index (χ1n) is 11.3. The molecule has 2 amide bonds. The summed E-state index contributed by atoms with van der Waals surface area (Å²) in [6.45, 7) is 1.53. The third kappa shape index (κ3) is 7.13. The van der Waals surface area contributed by atoms with Gasteiger partial charge in [-0.05, 0) is 42.2 Å². The Labute approximate surface area is 199 Å². The number of nitrogens with one attached hydrogen (secondary N) is 1. The van der Waals surface area contributed by atoms with Gasteiger partial charge in [-0.1, -0.05) is 30.3 Å². The number of ether oxygens (including phenoxy) is 2. The van der Waals surface area contributed by atoms with E-state index >= 15 is 0 Å². The summed E-state index contributed by atoms with van der Waals surface area (Å²) in [5, 5.41) is 1.12. The molecule has 0 saturated heterocycles. The van der Waals surface area contributed by atoms with Crippen LogP contribution in [0.4, 0.5) is 4.39 Å². The third-order valence-corrected chi connectivity index (χ3v) is 5.69. The maximum atomic E-state index is 13.4. The Bertz CT molecular complexity index is 1070. The average molecular weight is 470 g/mol. The lowest BCUT2D eigenvalue weighted by Gasteiger charge is -2.28. The molecule has 7 nitrogen and oxygen atoms in total. The van der Waals surface area contributed by atoms with Gasteiger partial charge in [0.1, 0.15) is 12.4 Å². The van der Waals surface area contributed by atoms with Gasteiger partial charge in [-0.3, -0.25) is 9.59 Å². The molecule has 34 heavy (non-hydrogen) atoms. The highest BCUT2D eigenvalue weighted by Gasteiger charge is 2.22. The topological polar surface area (TPSA) is 74.9 Å². The second-order valence-electron chi connectivity index (χ2n) is 8.15. The molecule has 0 aliphatic carbocycles. The van der Waals surface area contributed by atoms with Crippen LogP contribution in [0, 0.1) is 5.82 Å². The van der Waals surface area contributed by atoms with E-state index in [1.54, 1.807) is 24.1 Å². The van der Waals surface area contributed by atoms with E-state index in [1.165, 1.54) is 24.1 Å². The Morgan fingerprint density at radius 2 is 1.71 bits per heavy atom. The van der Waals surface area contributed by atoms with Crippen molar-refractivity contribution in [2.45, 2.75) is 19.4 Å². The van der Waals surface area contributed by atoms with Crippen LogP contribution in [-0.2, 0) is 32.0 Å². The quantitative estimate of drug-likeness (QED) is 0.390. The SMILES string of the molecule is COCCCN(CC(=O)N(CCc1c[nH]c2ccccc12)Cc1ccc(F)cc1)C(=O)COC. The van der Waals surface area contributed by atoms with Crippen molar-refractivity contribution in [2.24, 2.45) is 0 Å². The van der Waals surface area contributed by atoms with E-state index in [9.17, 15) is 14.0 Å².